The highest BCUT2D eigenvalue weighted by molar-refractivity contribution is 6.07. The Morgan fingerprint density at radius 3 is 2.59 bits per heavy atom. The standard InChI is InChI=1S/C26H27N7O/c1-31-11-13-33(14-12-31)17-3-6-23(28-15-17)30-22-5-4-18(21-16-29-26(34)24(21)22)19-7-9-27-25-20(19)8-10-32(25)2/h3-10,15H,11-14,16H2,1-2H3,(H,28,30)(H,29,34). The van der Waals surface area contributed by atoms with Crippen molar-refractivity contribution in [2.24, 2.45) is 7.05 Å². The highest BCUT2D eigenvalue weighted by Gasteiger charge is 2.27. The number of piperazine rings is 1. The van der Waals surface area contributed by atoms with Crippen molar-refractivity contribution in [2.75, 3.05) is 43.4 Å². The van der Waals surface area contributed by atoms with Gasteiger partial charge in [-0.1, -0.05) is 6.07 Å². The summed E-state index contributed by atoms with van der Waals surface area (Å²) in [6.07, 6.45) is 5.75. The number of aryl methyl sites for hydroxylation is 1. The molecule has 5 heterocycles. The van der Waals surface area contributed by atoms with E-state index in [9.17, 15) is 4.79 Å². The van der Waals surface area contributed by atoms with Crippen LogP contribution in [0.15, 0.2) is 55.0 Å². The van der Waals surface area contributed by atoms with Crippen LogP contribution < -0.4 is 15.5 Å². The fraction of sp³-hybridized carbons (Fsp3) is 0.269. The average Bonchev–Trinajstić information content (AvgIpc) is 3.44. The van der Waals surface area contributed by atoms with Gasteiger partial charge in [-0.2, -0.15) is 0 Å². The maximum absolute atomic E-state index is 12.8. The van der Waals surface area contributed by atoms with E-state index in [-0.39, 0.29) is 5.91 Å². The molecule has 0 aliphatic carbocycles. The second-order valence-corrected chi connectivity index (χ2v) is 9.04. The van der Waals surface area contributed by atoms with Crippen LogP contribution in [0.25, 0.3) is 22.2 Å². The zero-order valence-electron chi connectivity index (χ0n) is 19.4. The lowest BCUT2D eigenvalue weighted by Crippen LogP contribution is -2.44. The molecule has 6 rings (SSSR count). The molecule has 0 saturated carbocycles. The average molecular weight is 454 g/mol. The smallest absolute Gasteiger partial charge is 0.254 e. The number of amides is 1. The molecule has 8 heteroatoms. The maximum Gasteiger partial charge on any atom is 0.254 e. The Kier molecular flexibility index (Phi) is 4.95. The number of nitrogens with one attached hydrogen (secondary N) is 2. The number of anilines is 3. The van der Waals surface area contributed by atoms with E-state index in [0.717, 1.165) is 71.1 Å². The molecule has 0 bridgehead atoms. The molecule has 0 radical (unpaired) electrons. The molecule has 1 saturated heterocycles. The molecule has 0 spiro atoms. The molecule has 8 nitrogen and oxygen atoms in total. The number of hydrogen-bond acceptors (Lipinski definition) is 6. The summed E-state index contributed by atoms with van der Waals surface area (Å²) in [7, 11) is 4.14. The molecule has 2 N–H and O–H groups in total. The summed E-state index contributed by atoms with van der Waals surface area (Å²) >= 11 is 0. The van der Waals surface area contributed by atoms with Gasteiger partial charge >= 0.3 is 0 Å². The fourth-order valence-electron chi connectivity index (χ4n) is 4.95. The summed E-state index contributed by atoms with van der Waals surface area (Å²) in [4.78, 5) is 26.7. The van der Waals surface area contributed by atoms with E-state index < -0.39 is 0 Å². The molecule has 34 heavy (non-hydrogen) atoms. The molecular formula is C26H27N7O. The summed E-state index contributed by atoms with van der Waals surface area (Å²) in [6.45, 7) is 4.62. The lowest BCUT2D eigenvalue weighted by atomic mass is 9.94. The minimum absolute atomic E-state index is 0.0632. The van der Waals surface area contributed by atoms with Crippen molar-refractivity contribution in [3.63, 3.8) is 0 Å². The zero-order valence-corrected chi connectivity index (χ0v) is 19.4. The summed E-state index contributed by atoms with van der Waals surface area (Å²) in [6, 6.07) is 12.2. The number of nitrogens with zero attached hydrogens (tertiary/aromatic N) is 5. The van der Waals surface area contributed by atoms with Gasteiger partial charge in [0.05, 0.1) is 23.1 Å². The van der Waals surface area contributed by atoms with Gasteiger partial charge in [0, 0.05) is 57.6 Å². The van der Waals surface area contributed by atoms with E-state index in [4.69, 9.17) is 0 Å². The molecule has 0 atom stereocenters. The summed E-state index contributed by atoms with van der Waals surface area (Å²) in [5, 5.41) is 7.45. The SMILES string of the molecule is CN1CCN(c2ccc(Nc3ccc(-c4ccnc5c4ccn5C)c4c3C(=O)NC4)nc2)CC1. The van der Waals surface area contributed by atoms with Crippen molar-refractivity contribution in [2.45, 2.75) is 6.54 Å². The van der Waals surface area contributed by atoms with Crippen molar-refractivity contribution in [3.8, 4) is 11.1 Å². The topological polar surface area (TPSA) is 78.3 Å². The van der Waals surface area contributed by atoms with E-state index in [1.807, 2.05) is 48.4 Å². The first-order valence-electron chi connectivity index (χ1n) is 11.6. The minimum Gasteiger partial charge on any atom is -0.368 e. The second-order valence-electron chi connectivity index (χ2n) is 9.04. The number of rotatable bonds is 4. The van der Waals surface area contributed by atoms with Crippen LogP contribution in [0.1, 0.15) is 15.9 Å². The van der Waals surface area contributed by atoms with Gasteiger partial charge in [-0.25, -0.2) is 9.97 Å². The number of benzene rings is 1. The van der Waals surface area contributed by atoms with Gasteiger partial charge in [0.25, 0.3) is 5.91 Å². The highest BCUT2D eigenvalue weighted by Crippen LogP contribution is 2.37. The number of carbonyl (C=O) groups excluding carboxylic acids is 1. The number of pyridine rings is 2. The minimum atomic E-state index is -0.0632. The Labute approximate surface area is 198 Å². The Bertz CT molecular complexity index is 1380. The van der Waals surface area contributed by atoms with Gasteiger partial charge < -0.3 is 25.0 Å². The first-order valence-corrected chi connectivity index (χ1v) is 11.6. The van der Waals surface area contributed by atoms with Crippen LogP contribution in [0.4, 0.5) is 17.2 Å². The second kappa shape index (κ2) is 8.14. The summed E-state index contributed by atoms with van der Waals surface area (Å²) in [5.41, 5.74) is 6.64. The van der Waals surface area contributed by atoms with Crippen LogP contribution in [0.3, 0.4) is 0 Å². The monoisotopic (exact) mass is 453 g/mol. The molecule has 1 fully saturated rings. The largest absolute Gasteiger partial charge is 0.368 e. The van der Waals surface area contributed by atoms with Gasteiger partial charge in [0.1, 0.15) is 11.5 Å². The molecule has 4 aromatic rings. The van der Waals surface area contributed by atoms with Crippen LogP contribution in [0.2, 0.25) is 0 Å². The predicted molar refractivity (Wildman–Crippen MR) is 135 cm³/mol. The Hall–Kier alpha value is -3.91. The van der Waals surface area contributed by atoms with Gasteiger partial charge in [0.2, 0.25) is 0 Å². The van der Waals surface area contributed by atoms with Crippen LogP contribution in [0.5, 0.6) is 0 Å². The summed E-state index contributed by atoms with van der Waals surface area (Å²) in [5.74, 6) is 0.661. The van der Waals surface area contributed by atoms with Crippen molar-refractivity contribution in [1.29, 1.82) is 0 Å². The third kappa shape index (κ3) is 3.47. The fourth-order valence-corrected chi connectivity index (χ4v) is 4.95. The third-order valence-electron chi connectivity index (χ3n) is 6.90. The molecule has 172 valence electrons. The highest BCUT2D eigenvalue weighted by atomic mass is 16.1. The van der Waals surface area contributed by atoms with Gasteiger partial charge in [0.15, 0.2) is 0 Å². The Morgan fingerprint density at radius 1 is 0.941 bits per heavy atom. The van der Waals surface area contributed by atoms with Crippen LogP contribution in [-0.4, -0.2) is 58.6 Å². The van der Waals surface area contributed by atoms with E-state index in [1.54, 1.807) is 0 Å². The predicted octanol–water partition coefficient (Wildman–Crippen LogP) is 3.37. The van der Waals surface area contributed by atoms with Crippen molar-refractivity contribution in [3.05, 3.63) is 66.1 Å². The number of hydrogen-bond donors (Lipinski definition) is 2. The van der Waals surface area contributed by atoms with Gasteiger partial charge in [-0.3, -0.25) is 4.79 Å². The number of likely N-dealkylation sites (N-methyl/N-ethyl adjacent to an activating group) is 1. The third-order valence-corrected chi connectivity index (χ3v) is 6.90. The van der Waals surface area contributed by atoms with E-state index in [1.165, 1.54) is 0 Å². The van der Waals surface area contributed by atoms with Crippen molar-refractivity contribution >= 4 is 34.1 Å². The van der Waals surface area contributed by atoms with Crippen molar-refractivity contribution < 1.29 is 4.79 Å². The lowest BCUT2D eigenvalue weighted by Gasteiger charge is -2.33. The molecule has 2 aliphatic rings. The molecule has 1 amide bonds. The molecule has 0 unspecified atom stereocenters. The Balaban J connectivity index is 1.32. The number of fused-ring (bicyclic) bond motifs is 2. The van der Waals surface area contributed by atoms with Crippen molar-refractivity contribution in [1.82, 2.24) is 24.8 Å². The van der Waals surface area contributed by atoms with Crippen LogP contribution in [-0.2, 0) is 13.6 Å². The van der Waals surface area contributed by atoms with E-state index in [2.05, 4.69) is 55.6 Å². The van der Waals surface area contributed by atoms with E-state index in [0.29, 0.717) is 12.1 Å². The first-order chi connectivity index (χ1) is 16.6. The molecule has 1 aromatic carbocycles. The maximum atomic E-state index is 12.8. The zero-order chi connectivity index (χ0) is 23.2. The van der Waals surface area contributed by atoms with E-state index >= 15 is 0 Å². The number of aromatic nitrogens is 3. The normalized spacial score (nSPS) is 16.1. The Morgan fingerprint density at radius 2 is 1.79 bits per heavy atom. The first kappa shape index (κ1) is 20.7. The molecular weight excluding hydrogens is 426 g/mol. The van der Waals surface area contributed by atoms with Gasteiger partial charge in [-0.15, -0.1) is 0 Å². The summed E-state index contributed by atoms with van der Waals surface area (Å²) < 4.78 is 2.01. The van der Waals surface area contributed by atoms with Crippen LogP contribution in [0, 0.1) is 0 Å². The lowest BCUT2D eigenvalue weighted by molar-refractivity contribution is 0.0966. The van der Waals surface area contributed by atoms with Crippen LogP contribution >= 0.6 is 0 Å². The molecule has 3 aromatic heterocycles. The molecule has 2 aliphatic heterocycles. The quantitative estimate of drug-likeness (QED) is 0.493. The van der Waals surface area contributed by atoms with Gasteiger partial charge in [-0.05, 0) is 54.1 Å². The number of carbonyl (C=O) groups is 1.